The number of hydrogen-bond donors (Lipinski definition) is 9. The summed E-state index contributed by atoms with van der Waals surface area (Å²) in [6, 6.07) is 0. The normalized spacial score (nSPS) is 21.6. The third kappa shape index (κ3) is 17.8. The lowest BCUT2D eigenvalue weighted by atomic mass is 9.85. The number of ether oxygens (including phenoxy) is 7. The van der Waals surface area contributed by atoms with Crippen molar-refractivity contribution in [2.45, 2.75) is 122 Å². The van der Waals surface area contributed by atoms with Gasteiger partial charge < -0.3 is 79.3 Å². The van der Waals surface area contributed by atoms with Gasteiger partial charge in [0.1, 0.15) is 25.4 Å². The number of aliphatic hydroxyl groups is 8. The third-order valence-corrected chi connectivity index (χ3v) is 8.03. The highest BCUT2D eigenvalue weighted by Gasteiger charge is 2.53. The number of carbonyl (C=O) groups is 2. The highest BCUT2D eigenvalue weighted by Crippen LogP contribution is 2.33. The summed E-state index contributed by atoms with van der Waals surface area (Å²) in [6.07, 6.45) is -1.70. The van der Waals surface area contributed by atoms with Gasteiger partial charge in [0.2, 0.25) is 23.3 Å². The van der Waals surface area contributed by atoms with Crippen molar-refractivity contribution in [3.63, 3.8) is 0 Å². The maximum atomic E-state index is 12.0. The molecule has 0 saturated carbocycles. The molecule has 0 aliphatic carbocycles. The number of nitrogens with one attached hydrogen (secondary N) is 1. The Balaban J connectivity index is -0.000000725. The quantitative estimate of drug-likeness (QED) is 0.0464. The van der Waals surface area contributed by atoms with Gasteiger partial charge in [-0.1, -0.05) is 42.0 Å². The highest BCUT2D eigenvalue weighted by atomic mass is 16.7. The van der Waals surface area contributed by atoms with Crippen molar-refractivity contribution >= 4 is 11.9 Å². The summed E-state index contributed by atoms with van der Waals surface area (Å²) >= 11 is 0. The second kappa shape index (κ2) is 27.0. The van der Waals surface area contributed by atoms with E-state index in [2.05, 4.69) is 5.32 Å². The number of methoxy groups -OCH3 is 3. The van der Waals surface area contributed by atoms with Gasteiger partial charge in [0, 0.05) is 34.8 Å². The first-order valence-corrected chi connectivity index (χ1v) is 16.5. The van der Waals surface area contributed by atoms with Gasteiger partial charge in [0.15, 0.2) is 0 Å². The monoisotopic (exact) mass is 751 g/mol. The van der Waals surface area contributed by atoms with Gasteiger partial charge in [-0.05, 0) is 24.7 Å². The van der Waals surface area contributed by atoms with Crippen molar-refractivity contribution < 1.29 is 83.6 Å². The summed E-state index contributed by atoms with van der Waals surface area (Å²) in [4.78, 5) is 23.4. The first kappa shape index (κ1) is 53.7. The molecule has 308 valence electrons. The van der Waals surface area contributed by atoms with E-state index in [0.29, 0.717) is 19.3 Å². The Kier molecular flexibility index (Phi) is 28.5. The van der Waals surface area contributed by atoms with E-state index in [1.807, 2.05) is 34.6 Å². The molecule has 51 heavy (non-hydrogen) atoms. The maximum Gasteiger partial charge on any atom is 0.306 e. The molecule has 18 heteroatoms. The molecule has 0 unspecified atom stereocenters. The fourth-order valence-corrected chi connectivity index (χ4v) is 4.46. The van der Waals surface area contributed by atoms with Crippen LogP contribution >= 0.6 is 0 Å². The molecule has 0 spiro atoms. The standard InChI is InChI=1S/C16H31NO7.C8H16O5.C8H18O5.CH4/c1-6-12(24-16(10-18,11-19)22-5)9-23-14(21)8-15(2,3)7-13(20)17-4;1-3-5-6(10)7(11)8(4-9,12-2)13-5;1-3-7(4-9)13-8(5-10,6-11)12-2;/h12,18-19H,6-11H2,1-5H3,(H,17,20);5-7,9-11H,3-4H2,1-2H3;7,9-11H,3-6H2,1-2H3;1H4/t12-;5-,6-,7-,8-;7-;/m111./s1. The van der Waals surface area contributed by atoms with Crippen molar-refractivity contribution in [1.82, 2.24) is 5.32 Å². The molecule has 0 bridgehead atoms. The fraction of sp³-hybridized carbons (Fsp3) is 0.939. The van der Waals surface area contributed by atoms with E-state index in [9.17, 15) is 30.0 Å². The number of amides is 1. The first-order valence-electron chi connectivity index (χ1n) is 16.5. The molecular formula is C33H69NO17. The fourth-order valence-electron chi connectivity index (χ4n) is 4.46. The second-order valence-corrected chi connectivity index (χ2v) is 12.4. The lowest BCUT2D eigenvalue weighted by Crippen LogP contribution is -2.47. The Labute approximate surface area is 302 Å². The van der Waals surface area contributed by atoms with Crippen LogP contribution in [0.1, 0.15) is 74.1 Å². The summed E-state index contributed by atoms with van der Waals surface area (Å²) < 4.78 is 35.9. The minimum atomic E-state index is -1.52. The van der Waals surface area contributed by atoms with Crippen molar-refractivity contribution in [2.24, 2.45) is 5.41 Å². The SMILES string of the molecule is C.CC[C@H](CO)OC(CO)(CO)OC.CC[C@H](COC(=O)CC(C)(C)CC(=O)NC)OC(CO)(CO)OC.CC[C@H]1O[C@@](CO)(OC)[C@H](O)[C@@H]1O. The Morgan fingerprint density at radius 2 is 1.29 bits per heavy atom. The van der Waals surface area contributed by atoms with Gasteiger partial charge in [-0.2, -0.15) is 0 Å². The van der Waals surface area contributed by atoms with E-state index in [4.69, 9.17) is 53.6 Å². The largest absolute Gasteiger partial charge is 0.463 e. The topological polar surface area (TPSA) is 273 Å². The summed E-state index contributed by atoms with van der Waals surface area (Å²) in [6.45, 7) is 6.48. The molecule has 0 aromatic carbocycles. The van der Waals surface area contributed by atoms with Gasteiger partial charge in [-0.3, -0.25) is 9.59 Å². The number of carbonyl (C=O) groups excluding carboxylic acids is 2. The summed E-state index contributed by atoms with van der Waals surface area (Å²) in [5.41, 5.74) is -0.522. The van der Waals surface area contributed by atoms with Crippen molar-refractivity contribution in [3.8, 4) is 0 Å². The van der Waals surface area contributed by atoms with E-state index >= 15 is 0 Å². The van der Waals surface area contributed by atoms with Gasteiger partial charge in [-0.25, -0.2) is 0 Å². The van der Waals surface area contributed by atoms with E-state index in [1.54, 1.807) is 7.05 Å². The summed E-state index contributed by atoms with van der Waals surface area (Å²) in [7, 11) is 5.51. The summed E-state index contributed by atoms with van der Waals surface area (Å²) in [5, 5.41) is 75.8. The Bertz CT molecular complexity index is 876. The zero-order valence-electron chi connectivity index (χ0n) is 31.1. The van der Waals surface area contributed by atoms with E-state index in [0.717, 1.165) is 0 Å². The number of esters is 1. The Morgan fingerprint density at radius 1 is 0.824 bits per heavy atom. The highest BCUT2D eigenvalue weighted by molar-refractivity contribution is 5.77. The number of aliphatic hydroxyl groups excluding tert-OH is 8. The average molecular weight is 752 g/mol. The van der Waals surface area contributed by atoms with Crippen LogP contribution in [0, 0.1) is 5.41 Å². The zero-order valence-corrected chi connectivity index (χ0v) is 31.1. The molecule has 6 atom stereocenters. The van der Waals surface area contributed by atoms with Crippen LogP contribution in [-0.2, 0) is 42.7 Å². The molecule has 0 radical (unpaired) electrons. The first-order chi connectivity index (χ1) is 23.5. The van der Waals surface area contributed by atoms with Crippen LogP contribution in [0.25, 0.3) is 0 Å². The van der Waals surface area contributed by atoms with Crippen LogP contribution in [0.15, 0.2) is 0 Å². The van der Waals surface area contributed by atoms with Crippen molar-refractivity contribution in [1.29, 1.82) is 0 Å². The van der Waals surface area contributed by atoms with E-state index in [-0.39, 0.29) is 39.4 Å². The molecule has 0 aromatic heterocycles. The lowest BCUT2D eigenvalue weighted by molar-refractivity contribution is -0.282. The Morgan fingerprint density at radius 3 is 1.59 bits per heavy atom. The minimum Gasteiger partial charge on any atom is -0.463 e. The van der Waals surface area contributed by atoms with Crippen LogP contribution in [0.2, 0.25) is 0 Å². The molecule has 1 aliphatic rings. The van der Waals surface area contributed by atoms with Crippen LogP contribution in [-0.4, -0.2) is 175 Å². The van der Waals surface area contributed by atoms with Gasteiger partial charge >= 0.3 is 5.97 Å². The molecule has 1 heterocycles. The van der Waals surface area contributed by atoms with E-state index < -0.39 is 92.3 Å². The summed E-state index contributed by atoms with van der Waals surface area (Å²) in [5.74, 6) is -4.96. The van der Waals surface area contributed by atoms with Crippen molar-refractivity contribution in [2.75, 3.05) is 74.6 Å². The molecule has 18 nitrogen and oxygen atoms in total. The lowest BCUT2D eigenvalue weighted by Gasteiger charge is -2.32. The van der Waals surface area contributed by atoms with Gasteiger partial charge in [0.25, 0.3) is 0 Å². The van der Waals surface area contributed by atoms with Crippen LogP contribution in [0.5, 0.6) is 0 Å². The molecule has 9 N–H and O–H groups in total. The average Bonchev–Trinajstić information content (AvgIpc) is 3.38. The van der Waals surface area contributed by atoms with E-state index in [1.165, 1.54) is 21.3 Å². The van der Waals surface area contributed by atoms with Gasteiger partial charge in [-0.15, -0.1) is 0 Å². The molecule has 0 aromatic rings. The van der Waals surface area contributed by atoms with Crippen molar-refractivity contribution in [3.05, 3.63) is 0 Å². The third-order valence-electron chi connectivity index (χ3n) is 8.03. The smallest absolute Gasteiger partial charge is 0.306 e. The van der Waals surface area contributed by atoms with Crippen LogP contribution in [0.3, 0.4) is 0 Å². The zero-order chi connectivity index (χ0) is 39.2. The molecule has 1 rings (SSSR count). The second-order valence-electron chi connectivity index (χ2n) is 12.4. The maximum absolute atomic E-state index is 12.0. The molecule has 1 aliphatic heterocycles. The van der Waals surface area contributed by atoms with Crippen LogP contribution in [0.4, 0.5) is 0 Å². The Hall–Kier alpha value is -1.62. The molecule has 1 saturated heterocycles. The van der Waals surface area contributed by atoms with Crippen LogP contribution < -0.4 is 5.32 Å². The number of hydrogen-bond acceptors (Lipinski definition) is 17. The predicted octanol–water partition coefficient (Wildman–Crippen LogP) is -1.21. The molecule has 1 amide bonds. The minimum absolute atomic E-state index is 0. The van der Waals surface area contributed by atoms with Gasteiger partial charge in [0.05, 0.1) is 57.8 Å². The molecule has 1 fully saturated rings. The predicted molar refractivity (Wildman–Crippen MR) is 184 cm³/mol. The number of rotatable bonds is 22. The molecular weight excluding hydrogens is 682 g/mol.